The average Bonchev–Trinajstić information content (AvgIpc) is 3.18. The number of likely N-dealkylation sites (N-methyl/N-ethyl adjacent to an activating group) is 1. The molecular weight excluding hydrogens is 398 g/mol. The minimum absolute atomic E-state index is 0.148. The summed E-state index contributed by atoms with van der Waals surface area (Å²) in [5, 5.41) is 12.7. The summed E-state index contributed by atoms with van der Waals surface area (Å²) in [5.41, 5.74) is 5.46. The van der Waals surface area contributed by atoms with E-state index in [-0.39, 0.29) is 24.6 Å². The van der Waals surface area contributed by atoms with Gasteiger partial charge in [0.05, 0.1) is 17.9 Å². The molecule has 0 saturated carbocycles. The predicted molar refractivity (Wildman–Crippen MR) is 102 cm³/mol. The smallest absolute Gasteiger partial charge is 0.269 e. The van der Waals surface area contributed by atoms with Crippen molar-refractivity contribution in [2.75, 3.05) is 20.2 Å². The Bertz CT molecular complexity index is 1020. The first-order chi connectivity index (χ1) is 14.2. The van der Waals surface area contributed by atoms with Gasteiger partial charge in [-0.05, 0) is 24.6 Å². The van der Waals surface area contributed by atoms with Crippen LogP contribution in [0.4, 0.5) is 8.78 Å². The number of hydrogen-bond acceptors (Lipinski definition) is 5. The number of carbonyl (C=O) groups is 2. The minimum atomic E-state index is -2.86. The Kier molecular flexibility index (Phi) is 6.03. The third-order valence-corrected chi connectivity index (χ3v) is 4.82. The van der Waals surface area contributed by atoms with E-state index in [0.29, 0.717) is 30.0 Å². The Labute approximate surface area is 171 Å². The molecule has 2 aliphatic heterocycles. The number of benzene rings is 1. The third kappa shape index (κ3) is 3.97. The van der Waals surface area contributed by atoms with Crippen molar-refractivity contribution in [2.45, 2.75) is 25.4 Å². The number of halogens is 2. The van der Waals surface area contributed by atoms with Gasteiger partial charge in [-0.25, -0.2) is 13.5 Å². The van der Waals surface area contributed by atoms with Crippen LogP contribution in [0.3, 0.4) is 0 Å². The molecule has 3 N–H and O–H groups in total. The molecule has 0 radical (unpaired) electrons. The number of aromatic nitrogens is 2. The average molecular weight is 418 g/mol. The fraction of sp³-hybridized carbons (Fsp3) is 0.350. The molecule has 10 heteroatoms. The molecule has 0 spiro atoms. The summed E-state index contributed by atoms with van der Waals surface area (Å²) in [5.74, 6) is 1.77. The maximum Gasteiger partial charge on any atom is 0.269 e. The number of primary amides is 1. The molecule has 2 amide bonds. The van der Waals surface area contributed by atoms with Crippen molar-refractivity contribution in [2.24, 2.45) is 5.73 Å². The lowest BCUT2D eigenvalue weighted by Gasteiger charge is -2.08. The van der Waals surface area contributed by atoms with Crippen LogP contribution in [0.5, 0.6) is 5.75 Å². The SMILES string of the molecule is C#Cc1ccc2c(c1)-n1nc(C(N)=O)c(C(F)F)c1CCO2.CN1CCC(O)C1=O. The van der Waals surface area contributed by atoms with Crippen LogP contribution in [0.1, 0.15) is 40.2 Å². The van der Waals surface area contributed by atoms with E-state index in [1.54, 1.807) is 25.2 Å². The van der Waals surface area contributed by atoms with Gasteiger partial charge in [-0.3, -0.25) is 9.59 Å². The molecule has 1 saturated heterocycles. The number of terminal acetylenes is 1. The molecule has 1 atom stereocenters. The number of aliphatic hydroxyl groups is 1. The van der Waals surface area contributed by atoms with Gasteiger partial charge < -0.3 is 20.5 Å². The van der Waals surface area contributed by atoms with E-state index in [0.717, 1.165) is 0 Å². The Hall–Kier alpha value is -3.45. The van der Waals surface area contributed by atoms with Gasteiger partial charge in [-0.2, -0.15) is 5.10 Å². The van der Waals surface area contributed by atoms with Crippen molar-refractivity contribution >= 4 is 11.8 Å². The Morgan fingerprint density at radius 3 is 2.70 bits per heavy atom. The van der Waals surface area contributed by atoms with Gasteiger partial charge in [0, 0.05) is 25.6 Å². The fourth-order valence-electron chi connectivity index (χ4n) is 3.27. The first-order valence-corrected chi connectivity index (χ1v) is 9.11. The van der Waals surface area contributed by atoms with Crippen molar-refractivity contribution < 1.29 is 28.2 Å². The number of carbonyl (C=O) groups excluding carboxylic acids is 2. The molecule has 2 aliphatic rings. The lowest BCUT2D eigenvalue weighted by atomic mass is 10.1. The number of alkyl halides is 2. The van der Waals surface area contributed by atoms with E-state index in [9.17, 15) is 18.4 Å². The highest BCUT2D eigenvalue weighted by atomic mass is 19.3. The van der Waals surface area contributed by atoms with Crippen LogP contribution >= 0.6 is 0 Å². The largest absolute Gasteiger partial charge is 0.491 e. The summed E-state index contributed by atoms with van der Waals surface area (Å²) in [6.07, 6.45) is 2.55. The van der Waals surface area contributed by atoms with E-state index >= 15 is 0 Å². The van der Waals surface area contributed by atoms with E-state index in [4.69, 9.17) is 22.0 Å². The highest BCUT2D eigenvalue weighted by Crippen LogP contribution is 2.34. The molecule has 3 heterocycles. The number of likely N-dealkylation sites (tertiary alicyclic amines) is 1. The zero-order valence-corrected chi connectivity index (χ0v) is 16.1. The molecule has 1 fully saturated rings. The number of nitrogens with zero attached hydrogens (tertiary/aromatic N) is 3. The number of hydrogen-bond donors (Lipinski definition) is 2. The fourth-order valence-corrected chi connectivity index (χ4v) is 3.27. The molecule has 158 valence electrons. The number of rotatable bonds is 2. The summed E-state index contributed by atoms with van der Waals surface area (Å²) in [4.78, 5) is 23.5. The number of amides is 2. The molecule has 1 unspecified atom stereocenters. The van der Waals surface area contributed by atoms with Crippen molar-refractivity contribution in [3.63, 3.8) is 0 Å². The minimum Gasteiger partial charge on any atom is -0.491 e. The summed E-state index contributed by atoms with van der Waals surface area (Å²) in [6, 6.07) is 4.92. The molecule has 30 heavy (non-hydrogen) atoms. The normalized spacial score (nSPS) is 17.3. The van der Waals surface area contributed by atoms with Gasteiger partial charge in [0.2, 0.25) is 0 Å². The van der Waals surface area contributed by atoms with Crippen molar-refractivity contribution in [1.29, 1.82) is 0 Å². The van der Waals surface area contributed by atoms with E-state index in [2.05, 4.69) is 11.0 Å². The van der Waals surface area contributed by atoms with E-state index < -0.39 is 29.7 Å². The Morgan fingerprint density at radius 2 is 2.20 bits per heavy atom. The van der Waals surface area contributed by atoms with Gasteiger partial charge in [0.1, 0.15) is 17.5 Å². The predicted octanol–water partition coefficient (Wildman–Crippen LogP) is 1.03. The summed E-state index contributed by atoms with van der Waals surface area (Å²) < 4.78 is 33.5. The third-order valence-electron chi connectivity index (χ3n) is 4.82. The molecule has 1 aromatic heterocycles. The van der Waals surface area contributed by atoms with Gasteiger partial charge in [0.15, 0.2) is 5.69 Å². The highest BCUT2D eigenvalue weighted by Gasteiger charge is 2.30. The van der Waals surface area contributed by atoms with Crippen LogP contribution in [0.2, 0.25) is 0 Å². The van der Waals surface area contributed by atoms with Crippen LogP contribution in [0, 0.1) is 12.3 Å². The molecule has 0 bridgehead atoms. The van der Waals surface area contributed by atoms with E-state index in [1.807, 2.05) is 0 Å². The second kappa shape index (κ2) is 8.51. The van der Waals surface area contributed by atoms with Gasteiger partial charge >= 0.3 is 0 Å². The zero-order valence-electron chi connectivity index (χ0n) is 16.1. The topological polar surface area (TPSA) is 111 Å². The standard InChI is InChI=1S/C15H11F2N3O2.C5H9NO2/c1-2-8-3-4-11-10(7-8)20-9(5-6-22-11)12(14(16)17)13(19-20)15(18)21;1-6-3-2-4(7)5(6)8/h1,3-4,7,14H,5-6H2,(H2,18,21);4,7H,2-3H2,1H3. The monoisotopic (exact) mass is 418 g/mol. The maximum absolute atomic E-state index is 13.3. The number of aliphatic hydroxyl groups excluding tert-OH is 1. The van der Waals surface area contributed by atoms with Gasteiger partial charge in [0.25, 0.3) is 18.2 Å². The van der Waals surface area contributed by atoms with Gasteiger partial charge in [-0.1, -0.05) is 5.92 Å². The molecule has 2 aromatic rings. The van der Waals surface area contributed by atoms with Gasteiger partial charge in [-0.15, -0.1) is 6.42 Å². The Balaban J connectivity index is 0.000000269. The lowest BCUT2D eigenvalue weighted by Crippen LogP contribution is -2.24. The first-order valence-electron chi connectivity index (χ1n) is 9.11. The zero-order chi connectivity index (χ0) is 22.0. The van der Waals surface area contributed by atoms with Crippen LogP contribution in [0.15, 0.2) is 18.2 Å². The molecule has 0 aliphatic carbocycles. The maximum atomic E-state index is 13.3. The number of fused-ring (bicyclic) bond motifs is 3. The lowest BCUT2D eigenvalue weighted by molar-refractivity contribution is -0.133. The highest BCUT2D eigenvalue weighted by molar-refractivity contribution is 5.92. The summed E-state index contributed by atoms with van der Waals surface area (Å²) in [6.45, 7) is 0.881. The van der Waals surface area contributed by atoms with Crippen LogP contribution < -0.4 is 10.5 Å². The van der Waals surface area contributed by atoms with Crippen LogP contribution in [-0.4, -0.2) is 57.9 Å². The van der Waals surface area contributed by atoms with Crippen molar-refractivity contribution in [1.82, 2.24) is 14.7 Å². The Morgan fingerprint density at radius 1 is 1.47 bits per heavy atom. The summed E-state index contributed by atoms with van der Waals surface area (Å²) >= 11 is 0. The molecule has 4 rings (SSSR count). The summed E-state index contributed by atoms with van der Waals surface area (Å²) in [7, 11) is 1.69. The molecular formula is C20H20F2N4O4. The second-order valence-corrected chi connectivity index (χ2v) is 6.78. The van der Waals surface area contributed by atoms with E-state index in [1.165, 1.54) is 9.58 Å². The van der Waals surface area contributed by atoms with Crippen LogP contribution in [0.25, 0.3) is 5.69 Å². The number of nitrogens with two attached hydrogens (primary N) is 1. The van der Waals surface area contributed by atoms with Crippen LogP contribution in [-0.2, 0) is 11.2 Å². The number of ether oxygens (including phenoxy) is 1. The first kappa shape index (κ1) is 21.3. The molecule has 8 nitrogen and oxygen atoms in total. The van der Waals surface area contributed by atoms with Crippen molar-refractivity contribution in [3.05, 3.63) is 40.7 Å². The molecule has 1 aromatic carbocycles. The van der Waals surface area contributed by atoms with Crippen molar-refractivity contribution in [3.8, 4) is 23.8 Å². The quantitative estimate of drug-likeness (QED) is 0.708. The second-order valence-electron chi connectivity index (χ2n) is 6.78.